The largest absolute Gasteiger partial charge is 0.497 e. The van der Waals surface area contributed by atoms with Gasteiger partial charge in [-0.3, -0.25) is 9.59 Å². The third-order valence-electron chi connectivity index (χ3n) is 4.14. The Balaban J connectivity index is 1.57. The van der Waals surface area contributed by atoms with Gasteiger partial charge in [-0.1, -0.05) is 11.6 Å². The zero-order valence-electron chi connectivity index (χ0n) is 14.2. The number of methoxy groups -OCH3 is 1. The molecule has 1 aliphatic rings. The van der Waals surface area contributed by atoms with E-state index in [1.807, 2.05) is 24.3 Å². The zero-order chi connectivity index (χ0) is 18.5. The van der Waals surface area contributed by atoms with Crippen LogP contribution in [0.5, 0.6) is 5.75 Å². The summed E-state index contributed by atoms with van der Waals surface area (Å²) in [5.74, 6) is -0.0599. The van der Waals surface area contributed by atoms with Crippen molar-refractivity contribution in [2.45, 2.75) is 6.42 Å². The molecule has 134 valence electrons. The minimum Gasteiger partial charge on any atom is -0.497 e. The standard InChI is InChI=1S/C19H18ClN3O3/c1-26-17-8-2-13(3-9-17)11-21-22-19(25)14-10-18(24)23(12-14)16-6-4-15(20)5-7-16/h2-9,11,14H,10,12H2,1H3,(H,22,25)/t14-/m1/s1. The smallest absolute Gasteiger partial charge is 0.245 e. The van der Waals surface area contributed by atoms with Crippen molar-refractivity contribution >= 4 is 35.3 Å². The van der Waals surface area contributed by atoms with E-state index < -0.39 is 5.92 Å². The van der Waals surface area contributed by atoms with Crippen LogP contribution in [0.15, 0.2) is 53.6 Å². The molecular formula is C19H18ClN3O3. The third kappa shape index (κ3) is 4.21. The second-order valence-corrected chi connectivity index (χ2v) is 6.33. The lowest BCUT2D eigenvalue weighted by Gasteiger charge is -2.16. The summed E-state index contributed by atoms with van der Waals surface area (Å²) >= 11 is 5.87. The number of amides is 2. The van der Waals surface area contributed by atoms with Gasteiger partial charge in [-0.15, -0.1) is 0 Å². The number of rotatable bonds is 5. The minimum atomic E-state index is -0.439. The number of benzene rings is 2. The molecule has 0 saturated carbocycles. The maximum atomic E-state index is 12.3. The summed E-state index contributed by atoms with van der Waals surface area (Å²) in [5.41, 5.74) is 4.07. The lowest BCUT2D eigenvalue weighted by Crippen LogP contribution is -2.30. The van der Waals surface area contributed by atoms with Crippen LogP contribution in [0.3, 0.4) is 0 Å². The highest BCUT2D eigenvalue weighted by molar-refractivity contribution is 6.30. The highest BCUT2D eigenvalue weighted by Gasteiger charge is 2.35. The molecule has 2 aromatic carbocycles. The Kier molecular flexibility index (Phi) is 5.53. The maximum Gasteiger partial charge on any atom is 0.245 e. The van der Waals surface area contributed by atoms with E-state index in [1.165, 1.54) is 0 Å². The van der Waals surface area contributed by atoms with Crippen LogP contribution in [0.2, 0.25) is 5.02 Å². The van der Waals surface area contributed by atoms with Gasteiger partial charge in [-0.05, 0) is 54.1 Å². The molecule has 26 heavy (non-hydrogen) atoms. The van der Waals surface area contributed by atoms with E-state index >= 15 is 0 Å². The zero-order valence-corrected chi connectivity index (χ0v) is 14.9. The van der Waals surface area contributed by atoms with Crippen LogP contribution in [-0.2, 0) is 9.59 Å². The van der Waals surface area contributed by atoms with Crippen molar-refractivity contribution in [1.29, 1.82) is 0 Å². The molecule has 6 nitrogen and oxygen atoms in total. The number of carbonyl (C=O) groups excluding carboxylic acids is 2. The van der Waals surface area contributed by atoms with Crippen molar-refractivity contribution in [3.05, 3.63) is 59.1 Å². The summed E-state index contributed by atoms with van der Waals surface area (Å²) in [6.07, 6.45) is 1.71. The predicted octanol–water partition coefficient (Wildman–Crippen LogP) is 2.85. The van der Waals surface area contributed by atoms with Crippen LogP contribution in [0.4, 0.5) is 5.69 Å². The summed E-state index contributed by atoms with van der Waals surface area (Å²) in [6.45, 7) is 0.324. The van der Waals surface area contributed by atoms with Gasteiger partial charge in [0.2, 0.25) is 11.8 Å². The Morgan fingerprint density at radius 3 is 2.58 bits per heavy atom. The summed E-state index contributed by atoms with van der Waals surface area (Å²) in [7, 11) is 1.60. The molecule has 7 heteroatoms. The lowest BCUT2D eigenvalue weighted by atomic mass is 10.1. The first-order valence-electron chi connectivity index (χ1n) is 8.09. The summed E-state index contributed by atoms with van der Waals surface area (Å²) in [6, 6.07) is 14.2. The molecule has 0 unspecified atom stereocenters. The number of nitrogens with zero attached hydrogens (tertiary/aromatic N) is 2. The van der Waals surface area contributed by atoms with E-state index in [4.69, 9.17) is 16.3 Å². The fraction of sp³-hybridized carbons (Fsp3) is 0.211. The van der Waals surface area contributed by atoms with Crippen molar-refractivity contribution in [3.8, 4) is 5.75 Å². The molecule has 1 heterocycles. The van der Waals surface area contributed by atoms with Crippen molar-refractivity contribution in [2.24, 2.45) is 11.0 Å². The van der Waals surface area contributed by atoms with Gasteiger partial charge in [0.05, 0.1) is 19.2 Å². The second kappa shape index (κ2) is 8.01. The monoisotopic (exact) mass is 371 g/mol. The number of nitrogens with one attached hydrogen (secondary N) is 1. The van der Waals surface area contributed by atoms with Crippen LogP contribution >= 0.6 is 11.6 Å². The Hall–Kier alpha value is -2.86. The molecule has 0 radical (unpaired) electrons. The van der Waals surface area contributed by atoms with Gasteiger partial charge < -0.3 is 9.64 Å². The van der Waals surface area contributed by atoms with E-state index in [-0.39, 0.29) is 18.2 Å². The normalized spacial score (nSPS) is 16.9. The average Bonchev–Trinajstić information content (AvgIpc) is 3.05. The van der Waals surface area contributed by atoms with Crippen LogP contribution in [0.25, 0.3) is 0 Å². The first-order chi connectivity index (χ1) is 12.6. The molecular weight excluding hydrogens is 354 g/mol. The van der Waals surface area contributed by atoms with E-state index in [0.717, 1.165) is 17.0 Å². The van der Waals surface area contributed by atoms with Gasteiger partial charge in [-0.2, -0.15) is 5.10 Å². The van der Waals surface area contributed by atoms with E-state index in [0.29, 0.717) is 11.6 Å². The van der Waals surface area contributed by atoms with Crippen molar-refractivity contribution in [2.75, 3.05) is 18.6 Å². The number of anilines is 1. The van der Waals surface area contributed by atoms with Crippen molar-refractivity contribution in [3.63, 3.8) is 0 Å². The molecule has 3 rings (SSSR count). The first kappa shape index (κ1) is 17.9. The van der Waals surface area contributed by atoms with Crippen LogP contribution in [0.1, 0.15) is 12.0 Å². The summed E-state index contributed by atoms with van der Waals surface area (Å²) < 4.78 is 5.08. The van der Waals surface area contributed by atoms with Gasteiger partial charge in [0, 0.05) is 23.7 Å². The second-order valence-electron chi connectivity index (χ2n) is 5.89. The fourth-order valence-corrected chi connectivity index (χ4v) is 2.83. The third-order valence-corrected chi connectivity index (χ3v) is 4.39. The van der Waals surface area contributed by atoms with Crippen LogP contribution in [-0.4, -0.2) is 31.7 Å². The molecule has 1 atom stereocenters. The van der Waals surface area contributed by atoms with Gasteiger partial charge in [0.15, 0.2) is 0 Å². The highest BCUT2D eigenvalue weighted by Crippen LogP contribution is 2.26. The number of carbonyl (C=O) groups is 2. The fourth-order valence-electron chi connectivity index (χ4n) is 2.71. The van der Waals surface area contributed by atoms with Gasteiger partial charge >= 0.3 is 0 Å². The molecule has 0 aromatic heterocycles. The van der Waals surface area contributed by atoms with Gasteiger partial charge in [-0.25, -0.2) is 5.43 Å². The maximum absolute atomic E-state index is 12.3. The molecule has 0 bridgehead atoms. The molecule has 1 N–H and O–H groups in total. The Bertz CT molecular complexity index is 819. The topological polar surface area (TPSA) is 71.0 Å². The van der Waals surface area contributed by atoms with Crippen molar-refractivity contribution in [1.82, 2.24) is 5.43 Å². The lowest BCUT2D eigenvalue weighted by molar-refractivity contribution is -0.126. The number of ether oxygens (including phenoxy) is 1. The SMILES string of the molecule is COc1ccc(C=NNC(=O)[C@@H]2CC(=O)N(c3ccc(Cl)cc3)C2)cc1. The number of halogens is 1. The Morgan fingerprint density at radius 2 is 1.92 bits per heavy atom. The summed E-state index contributed by atoms with van der Waals surface area (Å²) in [4.78, 5) is 26.1. The van der Waals surface area contributed by atoms with Gasteiger partial charge in [0.1, 0.15) is 5.75 Å². The van der Waals surface area contributed by atoms with Crippen molar-refractivity contribution < 1.29 is 14.3 Å². The first-order valence-corrected chi connectivity index (χ1v) is 8.47. The molecule has 0 aliphatic carbocycles. The summed E-state index contributed by atoms with van der Waals surface area (Å²) in [5, 5.41) is 4.56. The average molecular weight is 372 g/mol. The number of hydrogen-bond acceptors (Lipinski definition) is 4. The van der Waals surface area contributed by atoms with Gasteiger partial charge in [0.25, 0.3) is 0 Å². The van der Waals surface area contributed by atoms with E-state index in [9.17, 15) is 9.59 Å². The number of hydrazone groups is 1. The van der Waals surface area contributed by atoms with Crippen LogP contribution < -0.4 is 15.1 Å². The number of hydrogen-bond donors (Lipinski definition) is 1. The predicted molar refractivity (Wildman–Crippen MR) is 101 cm³/mol. The Morgan fingerprint density at radius 1 is 1.23 bits per heavy atom. The molecule has 1 aliphatic heterocycles. The molecule has 0 spiro atoms. The highest BCUT2D eigenvalue weighted by atomic mass is 35.5. The minimum absolute atomic E-state index is 0.0911. The molecule has 1 fully saturated rings. The Labute approximate surface area is 156 Å². The van der Waals surface area contributed by atoms with Crippen LogP contribution in [0, 0.1) is 5.92 Å². The molecule has 2 aromatic rings. The molecule has 1 saturated heterocycles. The molecule has 2 amide bonds. The quantitative estimate of drug-likeness (QED) is 0.649. The van der Waals surface area contributed by atoms with E-state index in [2.05, 4.69) is 10.5 Å². The van der Waals surface area contributed by atoms with E-state index in [1.54, 1.807) is 42.5 Å².